The van der Waals surface area contributed by atoms with E-state index in [1.807, 2.05) is 0 Å². The van der Waals surface area contributed by atoms with Gasteiger partial charge in [0.05, 0.1) is 6.61 Å². The fourth-order valence-electron chi connectivity index (χ4n) is 3.44. The van der Waals surface area contributed by atoms with Crippen molar-refractivity contribution in [2.75, 3.05) is 33.0 Å². The maximum atomic E-state index is 13.8. The van der Waals surface area contributed by atoms with Crippen LogP contribution in [0, 0.1) is 11.2 Å². The fraction of sp³-hybridized carbons (Fsp3) is 0.632. The van der Waals surface area contributed by atoms with E-state index in [1.54, 1.807) is 6.07 Å². The molecular formula is C19H28FN3O2. The van der Waals surface area contributed by atoms with Crippen LogP contribution in [0.4, 0.5) is 4.39 Å². The van der Waals surface area contributed by atoms with Crippen LogP contribution in [0.1, 0.15) is 38.3 Å². The van der Waals surface area contributed by atoms with Crippen molar-refractivity contribution in [3.63, 3.8) is 0 Å². The summed E-state index contributed by atoms with van der Waals surface area (Å²) in [5.41, 5.74) is 1.96. The Morgan fingerprint density at radius 2 is 2.24 bits per heavy atom. The number of ether oxygens (including phenoxy) is 2. The average Bonchev–Trinajstić information content (AvgIpc) is 2.93. The van der Waals surface area contributed by atoms with Crippen molar-refractivity contribution in [2.45, 2.75) is 40.2 Å². The van der Waals surface area contributed by atoms with Gasteiger partial charge in [0.1, 0.15) is 11.6 Å². The lowest BCUT2D eigenvalue weighted by Crippen LogP contribution is -2.40. The normalized spacial score (nSPS) is 19.5. The van der Waals surface area contributed by atoms with Crippen LogP contribution >= 0.6 is 0 Å². The van der Waals surface area contributed by atoms with E-state index in [1.165, 1.54) is 12.5 Å². The minimum absolute atomic E-state index is 0.223. The summed E-state index contributed by atoms with van der Waals surface area (Å²) in [7, 11) is 0. The first-order chi connectivity index (χ1) is 12.0. The first-order valence-electron chi connectivity index (χ1n) is 9.03. The summed E-state index contributed by atoms with van der Waals surface area (Å²) in [5, 5.41) is 3.37. The molecule has 0 amide bonds. The molecule has 138 valence electrons. The number of guanidine groups is 1. The molecule has 0 bridgehead atoms. The molecule has 2 aliphatic rings. The predicted octanol–water partition coefficient (Wildman–Crippen LogP) is 2.93. The van der Waals surface area contributed by atoms with Gasteiger partial charge in [-0.1, -0.05) is 13.8 Å². The topological polar surface area (TPSA) is 46.1 Å². The number of fused-ring (bicyclic) bond motifs is 1. The van der Waals surface area contributed by atoms with Gasteiger partial charge >= 0.3 is 0 Å². The number of nitrogens with one attached hydrogen (secondary N) is 1. The van der Waals surface area contributed by atoms with Crippen LogP contribution in [0.25, 0.3) is 0 Å². The van der Waals surface area contributed by atoms with Crippen molar-refractivity contribution < 1.29 is 13.9 Å². The van der Waals surface area contributed by atoms with Crippen molar-refractivity contribution in [3.05, 3.63) is 29.1 Å². The summed E-state index contributed by atoms with van der Waals surface area (Å²) >= 11 is 0. The van der Waals surface area contributed by atoms with E-state index in [-0.39, 0.29) is 12.6 Å². The Morgan fingerprint density at radius 1 is 1.40 bits per heavy atom. The standard InChI is InChI=1S/C19H28FN3O2/c1-4-21-18(23-8-6-19(2,3)12-23)22-7-5-14-9-16(20)10-15-11-24-13-25-17(14)15/h9-10H,4-8,11-13H2,1-3H3,(H,21,22). The summed E-state index contributed by atoms with van der Waals surface area (Å²) in [6.45, 7) is 10.7. The highest BCUT2D eigenvalue weighted by Gasteiger charge is 2.30. The number of likely N-dealkylation sites (tertiary alicyclic amines) is 1. The first kappa shape index (κ1) is 18.0. The number of rotatable bonds is 4. The molecule has 0 saturated carbocycles. The number of hydrogen-bond acceptors (Lipinski definition) is 3. The van der Waals surface area contributed by atoms with Gasteiger partial charge in [0, 0.05) is 31.7 Å². The van der Waals surface area contributed by atoms with Gasteiger partial charge in [0.2, 0.25) is 0 Å². The highest BCUT2D eigenvalue weighted by Crippen LogP contribution is 2.30. The minimum Gasteiger partial charge on any atom is -0.467 e. The van der Waals surface area contributed by atoms with Gasteiger partial charge in [-0.3, -0.25) is 4.99 Å². The lowest BCUT2D eigenvalue weighted by Gasteiger charge is -2.24. The van der Waals surface area contributed by atoms with Crippen LogP contribution in [-0.4, -0.2) is 43.8 Å². The van der Waals surface area contributed by atoms with E-state index < -0.39 is 0 Å². The molecule has 1 saturated heterocycles. The summed E-state index contributed by atoms with van der Waals surface area (Å²) < 4.78 is 24.6. The molecule has 2 aliphatic heterocycles. The van der Waals surface area contributed by atoms with Gasteiger partial charge in [0.25, 0.3) is 0 Å². The molecule has 0 unspecified atom stereocenters. The first-order valence-corrected chi connectivity index (χ1v) is 9.03. The number of halogens is 1. The molecule has 25 heavy (non-hydrogen) atoms. The van der Waals surface area contributed by atoms with Crippen molar-refractivity contribution in [3.8, 4) is 5.75 Å². The Morgan fingerprint density at radius 3 is 2.96 bits per heavy atom. The van der Waals surface area contributed by atoms with Gasteiger partial charge in [0.15, 0.2) is 12.8 Å². The third kappa shape index (κ3) is 4.42. The van der Waals surface area contributed by atoms with Crippen molar-refractivity contribution >= 4 is 5.96 Å². The molecule has 1 aromatic carbocycles. The zero-order valence-corrected chi connectivity index (χ0v) is 15.4. The Kier molecular flexibility index (Phi) is 5.47. The summed E-state index contributed by atoms with van der Waals surface area (Å²) in [6, 6.07) is 3.03. The Balaban J connectivity index is 1.69. The Hall–Kier alpha value is -1.82. The van der Waals surface area contributed by atoms with Gasteiger partial charge < -0.3 is 19.7 Å². The van der Waals surface area contributed by atoms with Crippen molar-refractivity contribution in [2.24, 2.45) is 10.4 Å². The van der Waals surface area contributed by atoms with E-state index in [4.69, 9.17) is 14.5 Å². The maximum absolute atomic E-state index is 13.8. The van der Waals surface area contributed by atoms with E-state index in [0.29, 0.717) is 25.0 Å². The molecule has 2 heterocycles. The molecule has 3 rings (SSSR count). The van der Waals surface area contributed by atoms with Crippen molar-refractivity contribution in [1.82, 2.24) is 10.2 Å². The number of benzene rings is 1. The van der Waals surface area contributed by atoms with Crippen LogP contribution in [0.3, 0.4) is 0 Å². The van der Waals surface area contributed by atoms with E-state index in [2.05, 4.69) is 31.0 Å². The maximum Gasteiger partial charge on any atom is 0.193 e. The monoisotopic (exact) mass is 349 g/mol. The van der Waals surface area contributed by atoms with Crippen LogP contribution < -0.4 is 10.1 Å². The number of aliphatic imine (C=N–C) groups is 1. The molecule has 0 aliphatic carbocycles. The van der Waals surface area contributed by atoms with Crippen molar-refractivity contribution in [1.29, 1.82) is 0 Å². The second-order valence-corrected chi connectivity index (χ2v) is 7.49. The third-order valence-corrected chi connectivity index (χ3v) is 4.71. The Labute approximate surface area is 149 Å². The highest BCUT2D eigenvalue weighted by atomic mass is 19.1. The molecular weight excluding hydrogens is 321 g/mol. The Bertz CT molecular complexity index is 646. The van der Waals surface area contributed by atoms with Gasteiger partial charge in [-0.25, -0.2) is 4.39 Å². The molecule has 6 heteroatoms. The van der Waals surface area contributed by atoms with E-state index in [0.717, 1.165) is 42.5 Å². The molecule has 0 spiro atoms. The van der Waals surface area contributed by atoms with Gasteiger partial charge in [-0.2, -0.15) is 0 Å². The summed E-state index contributed by atoms with van der Waals surface area (Å²) in [5.74, 6) is 1.46. The molecule has 1 N–H and O–H groups in total. The molecule has 0 aromatic heterocycles. The predicted molar refractivity (Wildman–Crippen MR) is 96.3 cm³/mol. The van der Waals surface area contributed by atoms with E-state index >= 15 is 0 Å². The second kappa shape index (κ2) is 7.60. The second-order valence-electron chi connectivity index (χ2n) is 7.49. The van der Waals surface area contributed by atoms with Gasteiger partial charge in [-0.15, -0.1) is 0 Å². The number of nitrogens with zero attached hydrogens (tertiary/aromatic N) is 2. The van der Waals surface area contributed by atoms with Gasteiger partial charge in [-0.05, 0) is 42.9 Å². The zero-order chi connectivity index (χ0) is 17.9. The highest BCUT2D eigenvalue weighted by molar-refractivity contribution is 5.80. The van der Waals surface area contributed by atoms with E-state index in [9.17, 15) is 4.39 Å². The molecule has 1 fully saturated rings. The average molecular weight is 349 g/mol. The molecule has 0 radical (unpaired) electrons. The third-order valence-electron chi connectivity index (χ3n) is 4.71. The summed E-state index contributed by atoms with van der Waals surface area (Å²) in [6.07, 6.45) is 1.81. The SMILES string of the molecule is CCNC(=NCCc1cc(F)cc2c1OCOC2)N1CCC(C)(C)C1. The smallest absolute Gasteiger partial charge is 0.193 e. The van der Waals surface area contributed by atoms with Crippen LogP contribution in [-0.2, 0) is 17.8 Å². The lowest BCUT2D eigenvalue weighted by molar-refractivity contribution is -0.0172. The molecule has 5 nitrogen and oxygen atoms in total. The fourth-order valence-corrected chi connectivity index (χ4v) is 3.44. The number of hydrogen-bond donors (Lipinski definition) is 1. The summed E-state index contributed by atoms with van der Waals surface area (Å²) in [4.78, 5) is 7.07. The largest absolute Gasteiger partial charge is 0.467 e. The van der Waals surface area contributed by atoms with Crippen LogP contribution in [0.15, 0.2) is 17.1 Å². The lowest BCUT2D eigenvalue weighted by atomic mass is 9.93. The molecule has 1 aromatic rings. The zero-order valence-electron chi connectivity index (χ0n) is 15.4. The quantitative estimate of drug-likeness (QED) is 0.671. The minimum atomic E-state index is -0.250. The molecule has 0 atom stereocenters. The van der Waals surface area contributed by atoms with Crippen LogP contribution in [0.2, 0.25) is 0 Å². The van der Waals surface area contributed by atoms with Crippen LogP contribution in [0.5, 0.6) is 5.75 Å².